The quantitative estimate of drug-likeness (QED) is 0.619. The number of nitrogens with one attached hydrogen (secondary N) is 2. The number of piperidine rings is 1. The van der Waals surface area contributed by atoms with E-state index in [2.05, 4.69) is 17.6 Å². The van der Waals surface area contributed by atoms with Crippen LogP contribution in [0.3, 0.4) is 0 Å². The van der Waals surface area contributed by atoms with Crippen molar-refractivity contribution in [2.24, 2.45) is 5.92 Å². The summed E-state index contributed by atoms with van der Waals surface area (Å²) in [7, 11) is 0. The van der Waals surface area contributed by atoms with Crippen molar-refractivity contribution in [2.45, 2.75) is 25.8 Å². The average molecular weight is 264 g/mol. The molecule has 0 bridgehead atoms. The van der Waals surface area contributed by atoms with E-state index < -0.39 is 0 Å². The Hall–Kier alpha value is -1.75. The third kappa shape index (κ3) is 3.38. The van der Waals surface area contributed by atoms with Crippen LogP contribution in [-0.2, 0) is 0 Å². The summed E-state index contributed by atoms with van der Waals surface area (Å²) in [6, 6.07) is 4.36. The van der Waals surface area contributed by atoms with Crippen molar-refractivity contribution >= 4 is 5.91 Å². The van der Waals surface area contributed by atoms with Gasteiger partial charge in [0.2, 0.25) is 0 Å². The number of phenols is 2. The second kappa shape index (κ2) is 5.93. The summed E-state index contributed by atoms with van der Waals surface area (Å²) in [4.78, 5) is 11.9. The van der Waals surface area contributed by atoms with E-state index in [9.17, 15) is 15.0 Å². The summed E-state index contributed by atoms with van der Waals surface area (Å²) in [5.41, 5.74) is 0.346. The maximum Gasteiger partial charge on any atom is 0.251 e. The number of aromatic hydroxyl groups is 2. The number of phenolic OH excluding ortho intramolecular Hbond substituents is 2. The van der Waals surface area contributed by atoms with Crippen molar-refractivity contribution in [3.8, 4) is 11.5 Å². The summed E-state index contributed by atoms with van der Waals surface area (Å²) in [6.45, 7) is 3.74. The fourth-order valence-electron chi connectivity index (χ4n) is 2.36. The summed E-state index contributed by atoms with van der Waals surface area (Å²) in [6.07, 6.45) is 2.35. The number of rotatable bonds is 3. The van der Waals surface area contributed by atoms with Crippen molar-refractivity contribution < 1.29 is 15.0 Å². The summed E-state index contributed by atoms with van der Waals surface area (Å²) in [5.74, 6) is -0.201. The maximum atomic E-state index is 11.9. The minimum Gasteiger partial charge on any atom is -0.504 e. The molecule has 0 aliphatic carbocycles. The molecular formula is C14H20N2O3. The van der Waals surface area contributed by atoms with E-state index in [-0.39, 0.29) is 17.4 Å². The molecule has 1 saturated heterocycles. The molecule has 2 rings (SSSR count). The highest BCUT2D eigenvalue weighted by Gasteiger charge is 2.21. The Labute approximate surface area is 112 Å². The zero-order valence-electron chi connectivity index (χ0n) is 11.0. The lowest BCUT2D eigenvalue weighted by molar-refractivity contribution is 0.0943. The van der Waals surface area contributed by atoms with Gasteiger partial charge in [-0.1, -0.05) is 6.92 Å². The van der Waals surface area contributed by atoms with Crippen LogP contribution < -0.4 is 10.6 Å². The van der Waals surface area contributed by atoms with Gasteiger partial charge in [-0.15, -0.1) is 0 Å². The van der Waals surface area contributed by atoms with Crippen molar-refractivity contribution in [3.05, 3.63) is 23.8 Å². The molecule has 1 aliphatic rings. The molecule has 1 aromatic carbocycles. The largest absolute Gasteiger partial charge is 0.504 e. The molecule has 2 atom stereocenters. The van der Waals surface area contributed by atoms with Crippen LogP contribution in [0.15, 0.2) is 18.2 Å². The van der Waals surface area contributed by atoms with Gasteiger partial charge < -0.3 is 20.8 Å². The number of benzene rings is 1. The third-order valence-corrected chi connectivity index (χ3v) is 3.65. The summed E-state index contributed by atoms with van der Waals surface area (Å²) < 4.78 is 0. The fourth-order valence-corrected chi connectivity index (χ4v) is 2.36. The predicted octanol–water partition coefficient (Wildman–Crippen LogP) is 1.22. The Kier molecular flexibility index (Phi) is 4.27. The number of hydrogen-bond donors (Lipinski definition) is 4. The van der Waals surface area contributed by atoms with Crippen LogP contribution in [0.1, 0.15) is 30.1 Å². The van der Waals surface area contributed by atoms with Crippen molar-refractivity contribution in [1.82, 2.24) is 10.6 Å². The molecule has 1 aliphatic heterocycles. The summed E-state index contributed by atoms with van der Waals surface area (Å²) in [5, 5.41) is 24.8. The monoisotopic (exact) mass is 264 g/mol. The van der Waals surface area contributed by atoms with Gasteiger partial charge in [-0.3, -0.25) is 4.79 Å². The second-order valence-corrected chi connectivity index (χ2v) is 5.09. The number of carbonyl (C=O) groups excluding carboxylic acids is 1. The zero-order chi connectivity index (χ0) is 13.8. The molecule has 0 spiro atoms. The Morgan fingerprint density at radius 3 is 2.89 bits per heavy atom. The Morgan fingerprint density at radius 2 is 2.21 bits per heavy atom. The van der Waals surface area contributed by atoms with Gasteiger partial charge in [0.05, 0.1) is 0 Å². The maximum absolute atomic E-state index is 11.9. The molecule has 1 fully saturated rings. The van der Waals surface area contributed by atoms with Gasteiger partial charge in [0.15, 0.2) is 11.5 Å². The molecule has 1 heterocycles. The van der Waals surface area contributed by atoms with Gasteiger partial charge in [-0.2, -0.15) is 0 Å². The molecule has 1 aromatic rings. The molecule has 0 aromatic heterocycles. The van der Waals surface area contributed by atoms with Crippen molar-refractivity contribution in [2.75, 3.05) is 13.1 Å². The highest BCUT2D eigenvalue weighted by Crippen LogP contribution is 2.24. The highest BCUT2D eigenvalue weighted by molar-refractivity contribution is 5.94. The lowest BCUT2D eigenvalue weighted by Crippen LogP contribution is -2.47. The average Bonchev–Trinajstić information content (AvgIpc) is 2.40. The molecule has 2 unspecified atom stereocenters. The zero-order valence-corrected chi connectivity index (χ0v) is 11.0. The Balaban J connectivity index is 1.91. The molecule has 104 valence electrons. The van der Waals surface area contributed by atoms with Crippen LogP contribution in [-0.4, -0.2) is 35.3 Å². The first-order valence-electron chi connectivity index (χ1n) is 6.61. The molecular weight excluding hydrogens is 244 g/mol. The molecule has 4 N–H and O–H groups in total. The molecule has 5 heteroatoms. The van der Waals surface area contributed by atoms with E-state index in [1.54, 1.807) is 0 Å². The van der Waals surface area contributed by atoms with E-state index in [1.807, 2.05) is 0 Å². The molecule has 0 radical (unpaired) electrons. The van der Waals surface area contributed by atoms with Crippen molar-refractivity contribution in [1.29, 1.82) is 0 Å². The van der Waals surface area contributed by atoms with Crippen LogP contribution >= 0.6 is 0 Å². The van der Waals surface area contributed by atoms with Gasteiger partial charge >= 0.3 is 0 Å². The first-order valence-corrected chi connectivity index (χ1v) is 6.61. The summed E-state index contributed by atoms with van der Waals surface area (Å²) >= 11 is 0. The fraction of sp³-hybridized carbons (Fsp3) is 0.500. The normalized spacial score (nSPS) is 23.0. The second-order valence-electron chi connectivity index (χ2n) is 5.09. The number of hydrogen-bond acceptors (Lipinski definition) is 4. The minimum atomic E-state index is -0.281. The molecule has 5 nitrogen and oxygen atoms in total. The first kappa shape index (κ1) is 13.7. The first-order chi connectivity index (χ1) is 9.08. The van der Waals surface area contributed by atoms with Crippen LogP contribution in [0.5, 0.6) is 11.5 Å². The van der Waals surface area contributed by atoms with Crippen molar-refractivity contribution in [3.63, 3.8) is 0 Å². The minimum absolute atomic E-state index is 0.223. The number of amides is 1. The Bertz CT molecular complexity index is 462. The van der Waals surface area contributed by atoms with Crippen LogP contribution in [0.2, 0.25) is 0 Å². The van der Waals surface area contributed by atoms with Crippen LogP contribution in [0, 0.1) is 5.92 Å². The lowest BCUT2D eigenvalue weighted by Gasteiger charge is -2.30. The Morgan fingerprint density at radius 1 is 1.42 bits per heavy atom. The molecule has 0 saturated carbocycles. The smallest absolute Gasteiger partial charge is 0.251 e. The van der Waals surface area contributed by atoms with E-state index in [4.69, 9.17) is 0 Å². The van der Waals surface area contributed by atoms with Crippen LogP contribution in [0.25, 0.3) is 0 Å². The van der Waals surface area contributed by atoms with Gasteiger partial charge in [0.25, 0.3) is 5.91 Å². The predicted molar refractivity (Wildman–Crippen MR) is 72.3 cm³/mol. The van der Waals surface area contributed by atoms with E-state index in [1.165, 1.54) is 31.0 Å². The van der Waals surface area contributed by atoms with Gasteiger partial charge in [-0.05, 0) is 43.5 Å². The highest BCUT2D eigenvalue weighted by atomic mass is 16.3. The van der Waals surface area contributed by atoms with Gasteiger partial charge in [0.1, 0.15) is 0 Å². The van der Waals surface area contributed by atoms with E-state index in [0.717, 1.165) is 6.54 Å². The standard InChI is InChI=1S/C14H20N2O3/c1-9-3-2-6-15-11(9)8-16-14(19)10-4-5-12(17)13(18)7-10/h4-5,7,9,11,15,17-18H,2-3,6,8H2,1H3,(H,16,19). The lowest BCUT2D eigenvalue weighted by atomic mass is 9.93. The van der Waals surface area contributed by atoms with Gasteiger partial charge in [-0.25, -0.2) is 0 Å². The van der Waals surface area contributed by atoms with Gasteiger partial charge in [0, 0.05) is 18.2 Å². The number of carbonyl (C=O) groups is 1. The van der Waals surface area contributed by atoms with Crippen LogP contribution in [0.4, 0.5) is 0 Å². The molecule has 19 heavy (non-hydrogen) atoms. The third-order valence-electron chi connectivity index (χ3n) is 3.65. The molecule has 1 amide bonds. The van der Waals surface area contributed by atoms with E-state index >= 15 is 0 Å². The topological polar surface area (TPSA) is 81.6 Å². The van der Waals surface area contributed by atoms with E-state index in [0.29, 0.717) is 24.1 Å². The SMILES string of the molecule is CC1CCCNC1CNC(=O)c1ccc(O)c(O)c1.